The lowest BCUT2D eigenvalue weighted by Crippen LogP contribution is -2.21. The van der Waals surface area contributed by atoms with Crippen LogP contribution in [0.15, 0.2) is 72.8 Å². The maximum absolute atomic E-state index is 12.9. The maximum Gasteiger partial charge on any atom is 0.306 e. The number of halogens is 1. The molecule has 0 heterocycles. The van der Waals surface area contributed by atoms with Gasteiger partial charge < -0.3 is 20.1 Å². The van der Waals surface area contributed by atoms with Gasteiger partial charge in [0.1, 0.15) is 17.3 Å². The molecule has 0 radical (unpaired) electrons. The van der Waals surface area contributed by atoms with Crippen LogP contribution in [0.2, 0.25) is 0 Å². The summed E-state index contributed by atoms with van der Waals surface area (Å²) < 4.78 is 23.7. The molecular formula is C29H31FN2O5. The van der Waals surface area contributed by atoms with Crippen molar-refractivity contribution in [2.24, 2.45) is 0 Å². The van der Waals surface area contributed by atoms with Crippen LogP contribution in [0.1, 0.15) is 45.6 Å². The van der Waals surface area contributed by atoms with Gasteiger partial charge in [0, 0.05) is 24.2 Å². The Balaban J connectivity index is 1.34. The zero-order chi connectivity index (χ0) is 26.8. The van der Waals surface area contributed by atoms with E-state index in [2.05, 4.69) is 31.4 Å². The average molecular weight is 507 g/mol. The summed E-state index contributed by atoms with van der Waals surface area (Å²) in [5.41, 5.74) is 2.30. The van der Waals surface area contributed by atoms with Gasteiger partial charge in [0.25, 0.3) is 5.91 Å². The van der Waals surface area contributed by atoms with Crippen LogP contribution in [-0.2, 0) is 24.5 Å². The molecule has 0 aliphatic heterocycles. The van der Waals surface area contributed by atoms with Crippen LogP contribution < -0.4 is 15.4 Å². The minimum Gasteiger partial charge on any atom is -0.457 e. The number of ether oxygens (including phenoxy) is 2. The second-order valence-corrected chi connectivity index (χ2v) is 9.52. The summed E-state index contributed by atoms with van der Waals surface area (Å²) in [5, 5.41) is 5.27. The van der Waals surface area contributed by atoms with E-state index in [1.165, 1.54) is 29.8 Å². The van der Waals surface area contributed by atoms with Crippen molar-refractivity contribution in [1.29, 1.82) is 0 Å². The second kappa shape index (κ2) is 12.7. The number of anilines is 2. The Kier molecular flexibility index (Phi) is 9.38. The first kappa shape index (κ1) is 27.4. The number of benzene rings is 3. The number of carbonyl (C=O) groups is 3. The molecule has 0 atom stereocenters. The summed E-state index contributed by atoms with van der Waals surface area (Å²) in [5.74, 6) is -0.408. The van der Waals surface area contributed by atoms with Gasteiger partial charge in [-0.05, 0) is 78.1 Å². The topological polar surface area (TPSA) is 93.7 Å². The number of carbonyl (C=O) groups excluding carboxylic acids is 3. The molecule has 0 spiro atoms. The number of hydrogen-bond donors (Lipinski definition) is 2. The molecule has 2 amide bonds. The Labute approximate surface area is 216 Å². The van der Waals surface area contributed by atoms with Crippen LogP contribution >= 0.6 is 0 Å². The number of rotatable bonds is 10. The molecule has 7 nitrogen and oxygen atoms in total. The smallest absolute Gasteiger partial charge is 0.306 e. The highest BCUT2D eigenvalue weighted by molar-refractivity contribution is 5.93. The molecule has 0 aromatic heterocycles. The third kappa shape index (κ3) is 9.40. The third-order valence-electron chi connectivity index (χ3n) is 5.37. The van der Waals surface area contributed by atoms with Crippen LogP contribution in [-0.4, -0.2) is 24.4 Å². The monoisotopic (exact) mass is 506 g/mol. The molecular weight excluding hydrogens is 475 g/mol. The lowest BCUT2D eigenvalue weighted by atomic mass is 9.87. The SMILES string of the molecule is CC(C)(C)c1ccc(Oc2ccc(NC(=O)CCCC(=O)OCC(=O)Nc3ccc(F)cc3)cc2)cc1. The highest BCUT2D eigenvalue weighted by atomic mass is 19.1. The fourth-order valence-electron chi connectivity index (χ4n) is 3.33. The highest BCUT2D eigenvalue weighted by Gasteiger charge is 2.13. The van der Waals surface area contributed by atoms with Crippen LogP contribution in [0, 0.1) is 5.82 Å². The van der Waals surface area contributed by atoms with Crippen molar-refractivity contribution in [3.63, 3.8) is 0 Å². The Morgan fingerprint density at radius 1 is 0.730 bits per heavy atom. The second-order valence-electron chi connectivity index (χ2n) is 9.52. The van der Waals surface area contributed by atoms with Gasteiger partial charge in [0.15, 0.2) is 6.61 Å². The van der Waals surface area contributed by atoms with Crippen molar-refractivity contribution in [3.8, 4) is 11.5 Å². The zero-order valence-electron chi connectivity index (χ0n) is 21.2. The lowest BCUT2D eigenvalue weighted by Gasteiger charge is -2.19. The van der Waals surface area contributed by atoms with Gasteiger partial charge in [-0.25, -0.2) is 4.39 Å². The Bertz CT molecular complexity index is 1200. The van der Waals surface area contributed by atoms with Crippen LogP contribution in [0.25, 0.3) is 0 Å². The number of hydrogen-bond acceptors (Lipinski definition) is 5. The third-order valence-corrected chi connectivity index (χ3v) is 5.37. The lowest BCUT2D eigenvalue weighted by molar-refractivity contribution is -0.147. The van der Waals surface area contributed by atoms with Crippen LogP contribution in [0.3, 0.4) is 0 Å². The fraction of sp³-hybridized carbons (Fsp3) is 0.276. The van der Waals surface area contributed by atoms with Crippen molar-refractivity contribution in [2.75, 3.05) is 17.2 Å². The summed E-state index contributed by atoms with van der Waals surface area (Å²) in [6.07, 6.45) is 0.392. The van der Waals surface area contributed by atoms with Gasteiger partial charge in [0.05, 0.1) is 0 Å². The Morgan fingerprint density at radius 2 is 1.24 bits per heavy atom. The van der Waals surface area contributed by atoms with Crippen molar-refractivity contribution >= 4 is 29.2 Å². The van der Waals surface area contributed by atoms with Crippen LogP contribution in [0.4, 0.5) is 15.8 Å². The number of esters is 1. The fourth-order valence-corrected chi connectivity index (χ4v) is 3.33. The molecule has 3 aromatic rings. The largest absolute Gasteiger partial charge is 0.457 e. The van der Waals surface area contributed by atoms with Crippen molar-refractivity contribution < 1.29 is 28.2 Å². The van der Waals surface area contributed by atoms with Gasteiger partial charge >= 0.3 is 5.97 Å². The Hall–Kier alpha value is -4.20. The maximum atomic E-state index is 12.9. The molecule has 0 aliphatic rings. The van der Waals surface area contributed by atoms with E-state index in [1.54, 1.807) is 24.3 Å². The van der Waals surface area contributed by atoms with Gasteiger partial charge in [-0.15, -0.1) is 0 Å². The molecule has 3 aromatic carbocycles. The summed E-state index contributed by atoms with van der Waals surface area (Å²) in [4.78, 5) is 35.8. The van der Waals surface area contributed by atoms with Crippen LogP contribution in [0.5, 0.6) is 11.5 Å². The van der Waals surface area contributed by atoms with E-state index < -0.39 is 24.3 Å². The first-order chi connectivity index (χ1) is 17.6. The first-order valence-corrected chi connectivity index (χ1v) is 12.0. The summed E-state index contributed by atoms with van der Waals surface area (Å²) in [6.45, 7) is 6.00. The summed E-state index contributed by atoms with van der Waals surface area (Å²) in [6, 6.07) is 20.2. The van der Waals surface area contributed by atoms with E-state index in [1.807, 2.05) is 24.3 Å². The normalized spacial score (nSPS) is 10.9. The molecule has 0 saturated heterocycles. The molecule has 0 saturated carbocycles. The highest BCUT2D eigenvalue weighted by Crippen LogP contribution is 2.27. The molecule has 37 heavy (non-hydrogen) atoms. The number of nitrogens with one attached hydrogen (secondary N) is 2. The van der Waals surface area contributed by atoms with Crippen molar-refractivity contribution in [3.05, 3.63) is 84.2 Å². The van der Waals surface area contributed by atoms with Gasteiger partial charge in [-0.2, -0.15) is 0 Å². The minimum atomic E-state index is -0.584. The molecule has 2 N–H and O–H groups in total. The summed E-state index contributed by atoms with van der Waals surface area (Å²) >= 11 is 0. The van der Waals surface area contributed by atoms with E-state index >= 15 is 0 Å². The molecule has 0 bridgehead atoms. The molecule has 3 rings (SSSR count). The van der Waals surface area contributed by atoms with Crippen molar-refractivity contribution in [1.82, 2.24) is 0 Å². The van der Waals surface area contributed by atoms with E-state index in [-0.39, 0.29) is 30.6 Å². The predicted octanol–water partition coefficient (Wildman–Crippen LogP) is 6.21. The van der Waals surface area contributed by atoms with Gasteiger partial charge in [-0.3, -0.25) is 14.4 Å². The molecule has 0 unspecified atom stereocenters. The summed E-state index contributed by atoms with van der Waals surface area (Å²) in [7, 11) is 0. The quantitative estimate of drug-likeness (QED) is 0.319. The van der Waals surface area contributed by atoms with E-state index in [4.69, 9.17) is 9.47 Å². The molecule has 0 fully saturated rings. The molecule has 0 aliphatic carbocycles. The van der Waals surface area contributed by atoms with E-state index in [0.29, 0.717) is 17.1 Å². The molecule has 194 valence electrons. The van der Waals surface area contributed by atoms with E-state index in [0.717, 1.165) is 5.75 Å². The van der Waals surface area contributed by atoms with Gasteiger partial charge in [-0.1, -0.05) is 32.9 Å². The first-order valence-electron chi connectivity index (χ1n) is 12.0. The van der Waals surface area contributed by atoms with E-state index in [9.17, 15) is 18.8 Å². The zero-order valence-corrected chi connectivity index (χ0v) is 21.2. The average Bonchev–Trinajstić information content (AvgIpc) is 2.85. The Morgan fingerprint density at radius 3 is 1.81 bits per heavy atom. The van der Waals surface area contributed by atoms with Crippen molar-refractivity contribution in [2.45, 2.75) is 45.4 Å². The minimum absolute atomic E-state index is 0.00195. The number of amides is 2. The molecule has 8 heteroatoms. The standard InChI is InChI=1S/C29H31FN2O5/c1-29(2,3)20-7-15-24(16-8-20)37-25-17-13-23(14-18-25)31-26(33)5-4-6-28(35)36-19-27(34)32-22-11-9-21(30)10-12-22/h7-18H,4-6,19H2,1-3H3,(H,31,33)(H,32,34). The van der Waals surface area contributed by atoms with Gasteiger partial charge in [0.2, 0.25) is 5.91 Å². The predicted molar refractivity (Wildman–Crippen MR) is 140 cm³/mol.